The Morgan fingerprint density at radius 3 is 2.71 bits per heavy atom. The molecule has 0 spiro atoms. The molecule has 0 saturated carbocycles. The summed E-state index contributed by atoms with van der Waals surface area (Å²) in [6.45, 7) is 4.98. The molecule has 1 aromatic heterocycles. The Balaban J connectivity index is 2.02. The van der Waals surface area contributed by atoms with Gasteiger partial charge in [0.1, 0.15) is 5.75 Å². The molecule has 21 heavy (non-hydrogen) atoms. The molecule has 1 atom stereocenters. The lowest BCUT2D eigenvalue weighted by molar-refractivity contribution is 0.102. The average Bonchev–Trinajstić information content (AvgIpc) is 2.96. The van der Waals surface area contributed by atoms with Crippen LogP contribution in [0, 0.1) is 0 Å². The first-order chi connectivity index (χ1) is 10.1. The smallest absolute Gasteiger partial charge is 0.257 e. The van der Waals surface area contributed by atoms with Crippen molar-refractivity contribution in [2.24, 2.45) is 0 Å². The van der Waals surface area contributed by atoms with Gasteiger partial charge in [-0.2, -0.15) is 0 Å². The van der Waals surface area contributed by atoms with Gasteiger partial charge < -0.3 is 10.1 Å². The van der Waals surface area contributed by atoms with E-state index >= 15 is 0 Å². The van der Waals surface area contributed by atoms with Gasteiger partial charge in [0.2, 0.25) is 0 Å². The first-order valence-electron chi connectivity index (χ1n) is 6.78. The second-order valence-corrected chi connectivity index (χ2v) is 5.40. The summed E-state index contributed by atoms with van der Waals surface area (Å²) in [5.74, 6) is 0.553. The van der Waals surface area contributed by atoms with Gasteiger partial charge in [0.15, 0.2) is 5.13 Å². The molecule has 1 amide bonds. The molecule has 0 radical (unpaired) electrons. The highest BCUT2D eigenvalue weighted by Gasteiger charge is 2.12. The van der Waals surface area contributed by atoms with Crippen molar-refractivity contribution in [3.05, 3.63) is 40.9 Å². The maximum Gasteiger partial charge on any atom is 0.257 e. The number of thiazole rings is 1. The maximum atomic E-state index is 12.1. The molecule has 2 rings (SSSR count). The van der Waals surface area contributed by atoms with Gasteiger partial charge in [-0.25, -0.2) is 4.98 Å². The van der Waals surface area contributed by atoms with Crippen LogP contribution in [0.2, 0.25) is 0 Å². The summed E-state index contributed by atoms with van der Waals surface area (Å²) >= 11 is 1.43. The largest absolute Gasteiger partial charge is 0.497 e. The van der Waals surface area contributed by atoms with Crippen LogP contribution < -0.4 is 15.4 Å². The first kappa shape index (κ1) is 15.5. The highest BCUT2D eigenvalue weighted by atomic mass is 32.1. The van der Waals surface area contributed by atoms with Gasteiger partial charge in [-0.05, 0) is 37.7 Å². The fourth-order valence-corrected chi connectivity index (χ4v) is 2.66. The third kappa shape index (κ3) is 4.03. The van der Waals surface area contributed by atoms with Gasteiger partial charge in [0.05, 0.1) is 12.8 Å². The van der Waals surface area contributed by atoms with E-state index in [1.54, 1.807) is 31.4 Å². The fourth-order valence-electron chi connectivity index (χ4n) is 1.86. The van der Waals surface area contributed by atoms with Crippen LogP contribution in [0.3, 0.4) is 0 Å². The molecular weight excluding hydrogens is 286 g/mol. The van der Waals surface area contributed by atoms with Crippen molar-refractivity contribution >= 4 is 22.4 Å². The average molecular weight is 305 g/mol. The van der Waals surface area contributed by atoms with Gasteiger partial charge in [-0.1, -0.05) is 6.92 Å². The van der Waals surface area contributed by atoms with Crippen LogP contribution in [0.25, 0.3) is 0 Å². The molecule has 2 N–H and O–H groups in total. The minimum atomic E-state index is -0.172. The molecule has 0 aliphatic carbocycles. The zero-order valence-corrected chi connectivity index (χ0v) is 13.2. The Morgan fingerprint density at radius 1 is 1.38 bits per heavy atom. The molecule has 1 aromatic carbocycles. The van der Waals surface area contributed by atoms with E-state index in [2.05, 4.69) is 22.5 Å². The Morgan fingerprint density at radius 2 is 2.10 bits per heavy atom. The minimum Gasteiger partial charge on any atom is -0.497 e. The number of anilines is 1. The van der Waals surface area contributed by atoms with Crippen molar-refractivity contribution in [3.8, 4) is 5.75 Å². The second kappa shape index (κ2) is 7.19. The normalized spacial score (nSPS) is 12.0. The molecule has 6 heteroatoms. The molecule has 0 aliphatic rings. The molecule has 1 unspecified atom stereocenters. The lowest BCUT2D eigenvalue weighted by Gasteiger charge is -2.08. The number of methoxy groups -OCH3 is 1. The molecule has 0 saturated heterocycles. The van der Waals surface area contributed by atoms with E-state index in [1.807, 2.05) is 12.3 Å². The summed E-state index contributed by atoms with van der Waals surface area (Å²) in [4.78, 5) is 16.5. The van der Waals surface area contributed by atoms with E-state index in [1.165, 1.54) is 11.3 Å². The van der Waals surface area contributed by atoms with Gasteiger partial charge in [-0.15, -0.1) is 11.3 Å². The Kier molecular flexibility index (Phi) is 5.30. The monoisotopic (exact) mass is 305 g/mol. The van der Waals surface area contributed by atoms with Crippen LogP contribution >= 0.6 is 11.3 Å². The van der Waals surface area contributed by atoms with Gasteiger partial charge in [0.25, 0.3) is 5.91 Å². The maximum absolute atomic E-state index is 12.1. The van der Waals surface area contributed by atoms with Gasteiger partial charge in [-0.3, -0.25) is 10.1 Å². The standard InChI is InChI=1S/C15H19N3O2S/c1-4-16-10(2)13-9-21-15(17-13)18-14(19)11-5-7-12(20-3)8-6-11/h5-10,16H,4H2,1-3H3,(H,17,18,19). The van der Waals surface area contributed by atoms with Crippen molar-refractivity contribution in [1.29, 1.82) is 0 Å². The van der Waals surface area contributed by atoms with E-state index in [9.17, 15) is 4.79 Å². The molecule has 5 nitrogen and oxygen atoms in total. The summed E-state index contributed by atoms with van der Waals surface area (Å²) in [6.07, 6.45) is 0. The van der Waals surface area contributed by atoms with Crippen LogP contribution in [0.15, 0.2) is 29.6 Å². The predicted octanol–water partition coefficient (Wildman–Crippen LogP) is 3.07. The number of amides is 1. The number of nitrogens with zero attached hydrogens (tertiary/aromatic N) is 1. The number of carbonyl (C=O) groups excluding carboxylic acids is 1. The molecule has 112 valence electrons. The molecule has 0 bridgehead atoms. The van der Waals surface area contributed by atoms with Crippen LogP contribution in [0.5, 0.6) is 5.75 Å². The zero-order valence-electron chi connectivity index (χ0n) is 12.3. The topological polar surface area (TPSA) is 63.2 Å². The third-order valence-corrected chi connectivity index (χ3v) is 3.82. The van der Waals surface area contributed by atoms with Crippen molar-refractivity contribution in [1.82, 2.24) is 10.3 Å². The quantitative estimate of drug-likeness (QED) is 0.861. The number of aromatic nitrogens is 1. The number of nitrogens with one attached hydrogen (secondary N) is 2. The minimum absolute atomic E-state index is 0.172. The van der Waals surface area contributed by atoms with E-state index in [4.69, 9.17) is 4.74 Å². The molecule has 1 heterocycles. The SMILES string of the molecule is CCNC(C)c1csc(NC(=O)c2ccc(OC)cc2)n1. The molecular formula is C15H19N3O2S. The Hall–Kier alpha value is -1.92. The van der Waals surface area contributed by atoms with Crippen molar-refractivity contribution in [2.75, 3.05) is 19.0 Å². The van der Waals surface area contributed by atoms with Crippen molar-refractivity contribution < 1.29 is 9.53 Å². The Bertz CT molecular complexity index is 595. The van der Waals surface area contributed by atoms with Crippen LogP contribution in [-0.4, -0.2) is 24.5 Å². The number of hydrogen-bond acceptors (Lipinski definition) is 5. The summed E-state index contributed by atoms with van der Waals surface area (Å²) in [5.41, 5.74) is 1.51. The summed E-state index contributed by atoms with van der Waals surface area (Å²) in [5, 5.41) is 8.67. The number of carbonyl (C=O) groups is 1. The third-order valence-electron chi connectivity index (χ3n) is 3.05. The lowest BCUT2D eigenvalue weighted by Crippen LogP contribution is -2.18. The molecule has 2 aromatic rings. The highest BCUT2D eigenvalue weighted by molar-refractivity contribution is 7.14. The predicted molar refractivity (Wildman–Crippen MR) is 85.2 cm³/mol. The summed E-state index contributed by atoms with van der Waals surface area (Å²) in [6, 6.07) is 7.15. The fraction of sp³-hybridized carbons (Fsp3) is 0.333. The van der Waals surface area contributed by atoms with E-state index in [-0.39, 0.29) is 11.9 Å². The van der Waals surface area contributed by atoms with E-state index in [0.29, 0.717) is 10.7 Å². The summed E-state index contributed by atoms with van der Waals surface area (Å²) in [7, 11) is 1.59. The van der Waals surface area contributed by atoms with Crippen molar-refractivity contribution in [2.45, 2.75) is 19.9 Å². The van der Waals surface area contributed by atoms with Crippen LogP contribution in [-0.2, 0) is 0 Å². The Labute approximate surface area is 128 Å². The lowest BCUT2D eigenvalue weighted by atomic mass is 10.2. The first-order valence-corrected chi connectivity index (χ1v) is 7.66. The van der Waals surface area contributed by atoms with Gasteiger partial charge in [0, 0.05) is 17.0 Å². The van der Waals surface area contributed by atoms with Crippen molar-refractivity contribution in [3.63, 3.8) is 0 Å². The number of ether oxygens (including phenoxy) is 1. The molecule has 0 aliphatic heterocycles. The number of hydrogen-bond donors (Lipinski definition) is 2. The van der Waals surface area contributed by atoms with Crippen LogP contribution in [0.4, 0.5) is 5.13 Å². The van der Waals surface area contributed by atoms with Gasteiger partial charge >= 0.3 is 0 Å². The summed E-state index contributed by atoms with van der Waals surface area (Å²) < 4.78 is 5.07. The second-order valence-electron chi connectivity index (χ2n) is 4.54. The van der Waals surface area contributed by atoms with E-state index < -0.39 is 0 Å². The van der Waals surface area contributed by atoms with Crippen LogP contribution in [0.1, 0.15) is 35.9 Å². The number of rotatable bonds is 6. The number of benzene rings is 1. The zero-order chi connectivity index (χ0) is 15.2. The highest BCUT2D eigenvalue weighted by Crippen LogP contribution is 2.21. The molecule has 0 fully saturated rings. The van der Waals surface area contributed by atoms with E-state index in [0.717, 1.165) is 18.0 Å².